The van der Waals surface area contributed by atoms with Gasteiger partial charge in [0.05, 0.1) is 0 Å². The Morgan fingerprint density at radius 2 is 2.09 bits per heavy atom. The zero-order chi connectivity index (χ0) is 15.0. The van der Waals surface area contributed by atoms with Gasteiger partial charge < -0.3 is 14.7 Å². The third-order valence-electron chi connectivity index (χ3n) is 4.87. The van der Waals surface area contributed by atoms with Crippen molar-refractivity contribution < 1.29 is 4.52 Å². The molecule has 0 saturated carbocycles. The SMILES string of the molecule is Clc1cccc(-c2noc(N3CCC4(CCNCC4)C3)n2)c1. The van der Waals surface area contributed by atoms with Crippen LogP contribution in [0.1, 0.15) is 19.3 Å². The normalized spacial score (nSPS) is 20.7. The van der Waals surface area contributed by atoms with Gasteiger partial charge in [-0.3, -0.25) is 0 Å². The van der Waals surface area contributed by atoms with E-state index in [1.165, 1.54) is 19.3 Å². The smallest absolute Gasteiger partial charge is 0.324 e. The summed E-state index contributed by atoms with van der Waals surface area (Å²) in [5.41, 5.74) is 1.31. The van der Waals surface area contributed by atoms with Crippen LogP contribution in [-0.2, 0) is 0 Å². The topological polar surface area (TPSA) is 54.2 Å². The predicted octanol–water partition coefficient (Wildman–Crippen LogP) is 2.97. The Kier molecular flexibility index (Phi) is 3.54. The van der Waals surface area contributed by atoms with Crippen molar-refractivity contribution in [1.82, 2.24) is 15.5 Å². The number of rotatable bonds is 2. The van der Waals surface area contributed by atoms with Crippen molar-refractivity contribution in [3.63, 3.8) is 0 Å². The molecule has 22 heavy (non-hydrogen) atoms. The highest BCUT2D eigenvalue weighted by molar-refractivity contribution is 6.30. The van der Waals surface area contributed by atoms with Crippen LogP contribution >= 0.6 is 11.6 Å². The largest absolute Gasteiger partial charge is 0.324 e. The average Bonchev–Trinajstić information content (AvgIpc) is 3.16. The Bertz CT molecular complexity index is 666. The van der Waals surface area contributed by atoms with E-state index in [0.29, 0.717) is 22.3 Å². The van der Waals surface area contributed by atoms with Gasteiger partial charge in [-0.1, -0.05) is 28.9 Å². The maximum Gasteiger partial charge on any atom is 0.324 e. The van der Waals surface area contributed by atoms with E-state index in [2.05, 4.69) is 20.4 Å². The number of piperidine rings is 1. The molecule has 3 heterocycles. The summed E-state index contributed by atoms with van der Waals surface area (Å²) in [4.78, 5) is 6.78. The lowest BCUT2D eigenvalue weighted by Gasteiger charge is -2.33. The number of hydrogen-bond donors (Lipinski definition) is 1. The second-order valence-electron chi connectivity index (χ2n) is 6.33. The van der Waals surface area contributed by atoms with Crippen LogP contribution in [0.5, 0.6) is 0 Å². The molecule has 0 aliphatic carbocycles. The molecule has 1 spiro atoms. The van der Waals surface area contributed by atoms with Crippen LogP contribution in [0.25, 0.3) is 11.4 Å². The van der Waals surface area contributed by atoms with Crippen molar-refractivity contribution in [1.29, 1.82) is 0 Å². The lowest BCUT2D eigenvalue weighted by Crippen LogP contribution is -2.38. The third-order valence-corrected chi connectivity index (χ3v) is 5.11. The number of benzene rings is 1. The molecular weight excluding hydrogens is 300 g/mol. The first kappa shape index (κ1) is 14.0. The minimum absolute atomic E-state index is 0.427. The lowest BCUT2D eigenvalue weighted by molar-refractivity contribution is 0.231. The molecule has 0 radical (unpaired) electrons. The molecule has 1 aromatic carbocycles. The number of nitrogens with zero attached hydrogens (tertiary/aromatic N) is 3. The van der Waals surface area contributed by atoms with Crippen molar-refractivity contribution in [2.24, 2.45) is 5.41 Å². The molecule has 2 fully saturated rings. The number of nitrogens with one attached hydrogen (secondary N) is 1. The van der Waals surface area contributed by atoms with E-state index in [1.807, 2.05) is 24.3 Å². The van der Waals surface area contributed by atoms with Gasteiger partial charge in [0.15, 0.2) is 0 Å². The van der Waals surface area contributed by atoms with Crippen molar-refractivity contribution in [3.05, 3.63) is 29.3 Å². The standard InChI is InChI=1S/C16H19ClN4O/c17-13-3-1-2-12(10-13)14-19-15(22-20-14)21-9-6-16(11-21)4-7-18-8-5-16/h1-3,10,18H,4-9,11H2. The van der Waals surface area contributed by atoms with Gasteiger partial charge in [-0.15, -0.1) is 0 Å². The summed E-state index contributed by atoms with van der Waals surface area (Å²) in [6, 6.07) is 8.17. The van der Waals surface area contributed by atoms with Gasteiger partial charge in [-0.05, 0) is 49.9 Å². The molecule has 6 heteroatoms. The van der Waals surface area contributed by atoms with E-state index in [1.54, 1.807) is 0 Å². The molecule has 0 amide bonds. The second kappa shape index (κ2) is 5.56. The van der Waals surface area contributed by atoms with Crippen LogP contribution in [0, 0.1) is 5.41 Å². The van der Waals surface area contributed by atoms with Crippen molar-refractivity contribution in [2.75, 3.05) is 31.1 Å². The zero-order valence-electron chi connectivity index (χ0n) is 12.4. The average molecular weight is 319 g/mol. The van der Waals surface area contributed by atoms with Gasteiger partial charge >= 0.3 is 6.01 Å². The molecule has 0 atom stereocenters. The molecule has 0 unspecified atom stereocenters. The van der Waals surface area contributed by atoms with Gasteiger partial charge in [-0.2, -0.15) is 4.98 Å². The zero-order valence-corrected chi connectivity index (χ0v) is 13.1. The van der Waals surface area contributed by atoms with Crippen molar-refractivity contribution in [3.8, 4) is 11.4 Å². The molecule has 0 bridgehead atoms. The fourth-order valence-electron chi connectivity index (χ4n) is 3.55. The Balaban J connectivity index is 1.52. The van der Waals surface area contributed by atoms with Crippen LogP contribution in [0.2, 0.25) is 5.02 Å². The fourth-order valence-corrected chi connectivity index (χ4v) is 3.74. The van der Waals surface area contributed by atoms with Crippen LogP contribution < -0.4 is 10.2 Å². The Morgan fingerprint density at radius 3 is 2.91 bits per heavy atom. The molecule has 116 valence electrons. The molecular formula is C16H19ClN4O. The molecule has 1 N–H and O–H groups in total. The van der Waals surface area contributed by atoms with Gasteiger partial charge in [-0.25, -0.2) is 0 Å². The summed E-state index contributed by atoms with van der Waals surface area (Å²) >= 11 is 6.02. The summed E-state index contributed by atoms with van der Waals surface area (Å²) in [6.45, 7) is 4.25. The highest BCUT2D eigenvalue weighted by Gasteiger charge is 2.40. The molecule has 4 rings (SSSR count). The summed E-state index contributed by atoms with van der Waals surface area (Å²) < 4.78 is 5.48. The summed E-state index contributed by atoms with van der Waals surface area (Å²) in [7, 11) is 0. The summed E-state index contributed by atoms with van der Waals surface area (Å²) in [5.74, 6) is 0.601. The van der Waals surface area contributed by atoms with Gasteiger partial charge in [0.2, 0.25) is 5.82 Å². The van der Waals surface area contributed by atoms with Gasteiger partial charge in [0.25, 0.3) is 0 Å². The molecule has 2 aromatic rings. The van der Waals surface area contributed by atoms with Crippen LogP contribution in [0.15, 0.2) is 28.8 Å². The van der Waals surface area contributed by atoms with Crippen LogP contribution in [0.3, 0.4) is 0 Å². The molecule has 2 saturated heterocycles. The predicted molar refractivity (Wildman–Crippen MR) is 86.1 cm³/mol. The summed E-state index contributed by atoms with van der Waals surface area (Å²) in [5, 5.41) is 8.23. The van der Waals surface area contributed by atoms with Crippen LogP contribution in [0.4, 0.5) is 6.01 Å². The first-order valence-corrected chi connectivity index (χ1v) is 8.17. The Labute approximate surface area is 134 Å². The van der Waals surface area contributed by atoms with Crippen molar-refractivity contribution in [2.45, 2.75) is 19.3 Å². The number of anilines is 1. The minimum Gasteiger partial charge on any atom is -0.324 e. The van der Waals surface area contributed by atoms with E-state index in [9.17, 15) is 0 Å². The molecule has 1 aromatic heterocycles. The highest BCUT2D eigenvalue weighted by Crippen LogP contribution is 2.40. The highest BCUT2D eigenvalue weighted by atomic mass is 35.5. The Morgan fingerprint density at radius 1 is 1.23 bits per heavy atom. The summed E-state index contributed by atoms with van der Waals surface area (Å²) in [6.07, 6.45) is 3.68. The fraction of sp³-hybridized carbons (Fsp3) is 0.500. The first-order valence-electron chi connectivity index (χ1n) is 7.80. The number of aromatic nitrogens is 2. The van der Waals surface area contributed by atoms with Crippen LogP contribution in [-0.4, -0.2) is 36.3 Å². The van der Waals surface area contributed by atoms with E-state index in [4.69, 9.17) is 16.1 Å². The third kappa shape index (κ3) is 2.59. The van der Waals surface area contributed by atoms with E-state index in [0.717, 1.165) is 31.7 Å². The Hall–Kier alpha value is -1.59. The lowest BCUT2D eigenvalue weighted by atomic mass is 9.78. The van der Waals surface area contributed by atoms with E-state index < -0.39 is 0 Å². The molecule has 2 aliphatic rings. The van der Waals surface area contributed by atoms with Gasteiger partial charge in [0.1, 0.15) is 0 Å². The van der Waals surface area contributed by atoms with Crippen molar-refractivity contribution >= 4 is 17.6 Å². The number of hydrogen-bond acceptors (Lipinski definition) is 5. The first-order chi connectivity index (χ1) is 10.7. The van der Waals surface area contributed by atoms with E-state index >= 15 is 0 Å². The monoisotopic (exact) mass is 318 g/mol. The van der Waals surface area contributed by atoms with Gasteiger partial charge in [0, 0.05) is 23.7 Å². The second-order valence-corrected chi connectivity index (χ2v) is 6.77. The minimum atomic E-state index is 0.427. The quantitative estimate of drug-likeness (QED) is 0.922. The maximum absolute atomic E-state index is 6.02. The molecule has 5 nitrogen and oxygen atoms in total. The van der Waals surface area contributed by atoms with E-state index in [-0.39, 0.29) is 0 Å². The number of halogens is 1. The maximum atomic E-state index is 6.02. The molecule has 2 aliphatic heterocycles.